The maximum atomic E-state index is 12.7. The van der Waals surface area contributed by atoms with Gasteiger partial charge in [-0.1, -0.05) is 234 Å². The minimum atomic E-state index is -0.759. The fraction of sp³-hybridized carbons (Fsp3) is 0.940. The van der Waals surface area contributed by atoms with E-state index >= 15 is 0 Å². The van der Waals surface area contributed by atoms with Gasteiger partial charge in [0.15, 0.2) is 6.10 Å². The highest BCUT2D eigenvalue weighted by molar-refractivity contribution is 5.71. The van der Waals surface area contributed by atoms with Crippen LogP contribution >= 0.6 is 0 Å². The molecule has 0 amide bonds. The molecule has 1 unspecified atom stereocenters. The standard InChI is InChI=1S/C50H96O6/c1-6-8-9-28-35-40-48(51)54-43-47(56-50(53)42-37-32-27-23-22-25-30-34-39-46(5)7-2)44-55-49(52)41-36-31-26-21-19-17-15-13-11-10-12-14-16-18-20-24-29-33-38-45(3)4/h45-47H,6-44H2,1-5H3/t46?,47-/m0/s1. The molecule has 56 heavy (non-hydrogen) atoms. The number of esters is 3. The Morgan fingerprint density at radius 3 is 1.02 bits per heavy atom. The Morgan fingerprint density at radius 2 is 0.679 bits per heavy atom. The zero-order valence-corrected chi connectivity index (χ0v) is 38.3. The number of unbranched alkanes of at least 4 members (excludes halogenated alkanes) is 28. The SMILES string of the molecule is CCCCCCCC(=O)OC[C@@H](COC(=O)CCCCCCCCCCCCCCCCCCCCC(C)C)OC(=O)CCCCCCCCCCC(C)CC. The normalized spacial score (nSPS) is 12.5. The molecule has 0 fully saturated rings. The molecule has 0 N–H and O–H groups in total. The molecule has 0 aromatic rings. The third-order valence-corrected chi connectivity index (χ3v) is 11.6. The van der Waals surface area contributed by atoms with Gasteiger partial charge < -0.3 is 14.2 Å². The van der Waals surface area contributed by atoms with E-state index in [1.165, 1.54) is 154 Å². The van der Waals surface area contributed by atoms with E-state index in [0.29, 0.717) is 19.3 Å². The molecule has 332 valence electrons. The van der Waals surface area contributed by atoms with Crippen LogP contribution in [0, 0.1) is 11.8 Å². The Labute approximate surface area is 348 Å². The summed E-state index contributed by atoms with van der Waals surface area (Å²) in [6.07, 6.45) is 42.7. The van der Waals surface area contributed by atoms with Crippen LogP contribution in [0.2, 0.25) is 0 Å². The molecule has 0 aliphatic heterocycles. The molecule has 0 aromatic heterocycles. The van der Waals surface area contributed by atoms with Crippen molar-refractivity contribution in [3.63, 3.8) is 0 Å². The first-order valence-electron chi connectivity index (χ1n) is 24.8. The van der Waals surface area contributed by atoms with Crippen molar-refractivity contribution in [2.75, 3.05) is 13.2 Å². The number of ether oxygens (including phenoxy) is 3. The molecule has 0 saturated heterocycles. The van der Waals surface area contributed by atoms with Gasteiger partial charge in [0.2, 0.25) is 0 Å². The summed E-state index contributed by atoms with van der Waals surface area (Å²) in [6.45, 7) is 11.3. The third-order valence-electron chi connectivity index (χ3n) is 11.6. The number of carbonyl (C=O) groups excluding carboxylic acids is 3. The van der Waals surface area contributed by atoms with E-state index in [0.717, 1.165) is 76.0 Å². The molecular formula is C50H96O6. The van der Waals surface area contributed by atoms with Crippen molar-refractivity contribution in [3.8, 4) is 0 Å². The molecule has 0 rings (SSSR count). The molecule has 0 aromatic carbocycles. The molecule has 0 heterocycles. The average molecular weight is 793 g/mol. The summed E-state index contributed by atoms with van der Waals surface area (Å²) in [7, 11) is 0. The minimum Gasteiger partial charge on any atom is -0.462 e. The Kier molecular flexibility index (Phi) is 41.8. The van der Waals surface area contributed by atoms with Crippen LogP contribution in [0.5, 0.6) is 0 Å². The summed E-state index contributed by atoms with van der Waals surface area (Å²) in [6, 6.07) is 0. The van der Waals surface area contributed by atoms with Crippen LogP contribution < -0.4 is 0 Å². The summed E-state index contributed by atoms with van der Waals surface area (Å²) >= 11 is 0. The molecule has 0 spiro atoms. The average Bonchev–Trinajstić information content (AvgIpc) is 3.18. The van der Waals surface area contributed by atoms with Gasteiger partial charge in [-0.15, -0.1) is 0 Å². The first kappa shape index (κ1) is 54.4. The van der Waals surface area contributed by atoms with E-state index in [1.54, 1.807) is 0 Å². The minimum absolute atomic E-state index is 0.0654. The third kappa shape index (κ3) is 42.0. The summed E-state index contributed by atoms with van der Waals surface area (Å²) in [5.41, 5.74) is 0. The van der Waals surface area contributed by atoms with Crippen molar-refractivity contribution in [1.29, 1.82) is 0 Å². The number of hydrogen-bond acceptors (Lipinski definition) is 6. The smallest absolute Gasteiger partial charge is 0.306 e. The maximum absolute atomic E-state index is 12.7. The topological polar surface area (TPSA) is 78.9 Å². The molecule has 6 heteroatoms. The zero-order valence-electron chi connectivity index (χ0n) is 38.3. The summed E-state index contributed by atoms with van der Waals surface area (Å²) in [5, 5.41) is 0. The zero-order chi connectivity index (χ0) is 41.2. The fourth-order valence-corrected chi connectivity index (χ4v) is 7.43. The van der Waals surface area contributed by atoms with Crippen molar-refractivity contribution in [2.45, 2.75) is 278 Å². The van der Waals surface area contributed by atoms with Gasteiger partial charge in [0.1, 0.15) is 13.2 Å². The van der Waals surface area contributed by atoms with Crippen LogP contribution in [-0.2, 0) is 28.6 Å². The lowest BCUT2D eigenvalue weighted by Gasteiger charge is -2.18. The van der Waals surface area contributed by atoms with Gasteiger partial charge in [-0.25, -0.2) is 0 Å². The van der Waals surface area contributed by atoms with E-state index in [2.05, 4.69) is 34.6 Å². The second kappa shape index (κ2) is 43.0. The number of rotatable bonds is 44. The van der Waals surface area contributed by atoms with Crippen LogP contribution in [0.15, 0.2) is 0 Å². The predicted octanol–water partition coefficient (Wildman–Crippen LogP) is 15.8. The molecule has 0 aliphatic rings. The predicted molar refractivity (Wildman–Crippen MR) is 238 cm³/mol. The Hall–Kier alpha value is -1.59. The van der Waals surface area contributed by atoms with E-state index in [1.807, 2.05) is 0 Å². The van der Waals surface area contributed by atoms with E-state index in [4.69, 9.17) is 14.2 Å². The molecule has 0 saturated carbocycles. The van der Waals surface area contributed by atoms with Crippen LogP contribution in [-0.4, -0.2) is 37.2 Å². The van der Waals surface area contributed by atoms with E-state index in [9.17, 15) is 14.4 Å². The van der Waals surface area contributed by atoms with Gasteiger partial charge in [0, 0.05) is 19.3 Å². The van der Waals surface area contributed by atoms with Gasteiger partial charge in [-0.2, -0.15) is 0 Å². The van der Waals surface area contributed by atoms with Gasteiger partial charge in [0.25, 0.3) is 0 Å². The first-order chi connectivity index (χ1) is 27.3. The molecular weight excluding hydrogens is 697 g/mol. The van der Waals surface area contributed by atoms with Gasteiger partial charge in [-0.05, 0) is 31.1 Å². The summed E-state index contributed by atoms with van der Waals surface area (Å²) < 4.78 is 16.6. The molecule has 2 atom stereocenters. The largest absolute Gasteiger partial charge is 0.462 e. The fourth-order valence-electron chi connectivity index (χ4n) is 7.43. The highest BCUT2D eigenvalue weighted by atomic mass is 16.6. The molecule has 0 aliphatic carbocycles. The Morgan fingerprint density at radius 1 is 0.375 bits per heavy atom. The van der Waals surface area contributed by atoms with Gasteiger partial charge in [0.05, 0.1) is 0 Å². The lowest BCUT2D eigenvalue weighted by molar-refractivity contribution is -0.167. The highest BCUT2D eigenvalue weighted by Gasteiger charge is 2.19. The Bertz CT molecular complexity index is 856. The summed E-state index contributed by atoms with van der Waals surface area (Å²) in [4.78, 5) is 37.5. The molecule has 0 bridgehead atoms. The van der Waals surface area contributed by atoms with Crippen LogP contribution in [0.1, 0.15) is 272 Å². The van der Waals surface area contributed by atoms with E-state index < -0.39 is 6.10 Å². The monoisotopic (exact) mass is 793 g/mol. The molecule has 0 radical (unpaired) electrons. The lowest BCUT2D eigenvalue weighted by atomic mass is 9.99. The lowest BCUT2D eigenvalue weighted by Crippen LogP contribution is -2.30. The van der Waals surface area contributed by atoms with Crippen molar-refractivity contribution < 1.29 is 28.6 Å². The highest BCUT2D eigenvalue weighted by Crippen LogP contribution is 2.18. The van der Waals surface area contributed by atoms with Crippen molar-refractivity contribution in [2.24, 2.45) is 11.8 Å². The van der Waals surface area contributed by atoms with Crippen molar-refractivity contribution >= 4 is 17.9 Å². The summed E-state index contributed by atoms with van der Waals surface area (Å²) in [5.74, 6) is 0.836. The number of carbonyl (C=O) groups is 3. The van der Waals surface area contributed by atoms with Crippen LogP contribution in [0.25, 0.3) is 0 Å². The maximum Gasteiger partial charge on any atom is 0.306 e. The Balaban J connectivity index is 4.07. The van der Waals surface area contributed by atoms with Gasteiger partial charge >= 0.3 is 17.9 Å². The van der Waals surface area contributed by atoms with Gasteiger partial charge in [-0.3, -0.25) is 14.4 Å². The second-order valence-corrected chi connectivity index (χ2v) is 17.8. The number of hydrogen-bond donors (Lipinski definition) is 0. The van der Waals surface area contributed by atoms with E-state index in [-0.39, 0.29) is 31.1 Å². The van der Waals surface area contributed by atoms with Crippen molar-refractivity contribution in [3.05, 3.63) is 0 Å². The van der Waals surface area contributed by atoms with Crippen LogP contribution in [0.3, 0.4) is 0 Å². The first-order valence-corrected chi connectivity index (χ1v) is 24.8. The quantitative estimate of drug-likeness (QED) is 0.0347. The van der Waals surface area contributed by atoms with Crippen molar-refractivity contribution in [1.82, 2.24) is 0 Å². The molecule has 6 nitrogen and oxygen atoms in total. The second-order valence-electron chi connectivity index (χ2n) is 17.8. The van der Waals surface area contributed by atoms with Crippen LogP contribution in [0.4, 0.5) is 0 Å².